The first-order valence-electron chi connectivity index (χ1n) is 8.48. The topological polar surface area (TPSA) is 66.5 Å². The second-order valence-electron chi connectivity index (χ2n) is 6.19. The molecule has 27 heavy (non-hydrogen) atoms. The number of aromatic amines is 1. The third-order valence-corrected chi connectivity index (χ3v) is 4.45. The number of anilines is 2. The van der Waals surface area contributed by atoms with Crippen LogP contribution in [0.25, 0.3) is 33.1 Å². The number of rotatable bonds is 3. The highest BCUT2D eigenvalue weighted by Gasteiger charge is 2.11. The van der Waals surface area contributed by atoms with Gasteiger partial charge in [0.2, 0.25) is 0 Å². The van der Waals surface area contributed by atoms with Gasteiger partial charge in [0.15, 0.2) is 0 Å². The summed E-state index contributed by atoms with van der Waals surface area (Å²) in [5.74, 6) is 0.314. The molecule has 130 valence electrons. The van der Waals surface area contributed by atoms with Crippen molar-refractivity contribution in [1.29, 1.82) is 0 Å². The van der Waals surface area contributed by atoms with Gasteiger partial charge in [-0.05, 0) is 48.5 Å². The summed E-state index contributed by atoms with van der Waals surface area (Å²) in [5, 5.41) is 4.92. The van der Waals surface area contributed by atoms with Gasteiger partial charge in [-0.1, -0.05) is 0 Å². The Hall–Kier alpha value is -3.80. The summed E-state index contributed by atoms with van der Waals surface area (Å²) in [6.45, 7) is 0. The molecule has 5 nitrogen and oxygen atoms in total. The van der Waals surface area contributed by atoms with Gasteiger partial charge in [0.25, 0.3) is 0 Å². The van der Waals surface area contributed by atoms with Gasteiger partial charge in [-0.15, -0.1) is 0 Å². The minimum absolute atomic E-state index is 0.312. The van der Waals surface area contributed by atoms with E-state index < -0.39 is 0 Å². The summed E-state index contributed by atoms with van der Waals surface area (Å²) in [5.41, 5.74) is 3.64. The first-order valence-corrected chi connectivity index (χ1v) is 8.48. The van der Waals surface area contributed by atoms with Crippen LogP contribution in [0.1, 0.15) is 0 Å². The largest absolute Gasteiger partial charge is 0.359 e. The van der Waals surface area contributed by atoms with Gasteiger partial charge in [0, 0.05) is 46.8 Å². The molecule has 4 heterocycles. The van der Waals surface area contributed by atoms with E-state index >= 15 is 0 Å². The quantitative estimate of drug-likeness (QED) is 0.475. The zero-order valence-electron chi connectivity index (χ0n) is 14.1. The summed E-state index contributed by atoms with van der Waals surface area (Å²) in [6, 6.07) is 14.7. The van der Waals surface area contributed by atoms with Gasteiger partial charge in [0.1, 0.15) is 11.6 Å². The van der Waals surface area contributed by atoms with E-state index in [0.717, 1.165) is 27.5 Å². The smallest absolute Gasteiger partial charge is 0.149 e. The van der Waals surface area contributed by atoms with Crippen molar-refractivity contribution in [1.82, 2.24) is 19.9 Å². The molecule has 1 aromatic carbocycles. The third kappa shape index (κ3) is 2.77. The van der Waals surface area contributed by atoms with Crippen LogP contribution in [0, 0.1) is 5.82 Å². The lowest BCUT2D eigenvalue weighted by Gasteiger charge is -2.12. The summed E-state index contributed by atoms with van der Waals surface area (Å²) in [6.07, 6.45) is 6.91. The van der Waals surface area contributed by atoms with E-state index in [1.54, 1.807) is 24.8 Å². The highest BCUT2D eigenvalue weighted by Crippen LogP contribution is 2.30. The number of nitrogens with one attached hydrogen (secondary N) is 2. The molecular weight excluding hydrogens is 341 g/mol. The van der Waals surface area contributed by atoms with E-state index in [-0.39, 0.29) is 5.82 Å². The van der Waals surface area contributed by atoms with E-state index in [9.17, 15) is 4.39 Å². The SMILES string of the molecule is Fc1cc(Nc2nc(-c3ccncc3)cc3ncccc23)cc2cc[nH]c12. The van der Waals surface area contributed by atoms with Crippen molar-refractivity contribution in [3.05, 3.63) is 79.1 Å². The summed E-state index contributed by atoms with van der Waals surface area (Å²) in [7, 11) is 0. The predicted octanol–water partition coefficient (Wildman–Crippen LogP) is 5.06. The number of aromatic nitrogens is 4. The van der Waals surface area contributed by atoms with Crippen LogP contribution in [0.4, 0.5) is 15.9 Å². The van der Waals surface area contributed by atoms with Gasteiger partial charge < -0.3 is 10.3 Å². The molecular formula is C21H14FN5. The standard InChI is InChI=1S/C21H14FN5/c22-17-11-15(10-14-5-9-25-20(14)17)26-21-16-2-1-6-24-19(16)12-18(27-21)13-3-7-23-8-4-13/h1-12,25H,(H,26,27). The van der Waals surface area contributed by atoms with Crippen LogP contribution in [0.3, 0.4) is 0 Å². The fourth-order valence-corrected chi connectivity index (χ4v) is 3.18. The second kappa shape index (κ2) is 6.17. The Morgan fingerprint density at radius 1 is 0.963 bits per heavy atom. The molecule has 0 atom stereocenters. The summed E-state index contributed by atoms with van der Waals surface area (Å²) < 4.78 is 14.3. The van der Waals surface area contributed by atoms with Crippen molar-refractivity contribution >= 4 is 33.3 Å². The molecule has 0 amide bonds. The van der Waals surface area contributed by atoms with Gasteiger partial charge in [-0.2, -0.15) is 0 Å². The van der Waals surface area contributed by atoms with Crippen LogP contribution in [-0.4, -0.2) is 19.9 Å². The van der Waals surface area contributed by atoms with E-state index in [1.807, 2.05) is 42.5 Å². The van der Waals surface area contributed by atoms with Crippen LogP contribution < -0.4 is 5.32 Å². The number of hydrogen-bond donors (Lipinski definition) is 2. The Labute approximate surface area is 153 Å². The molecule has 0 bridgehead atoms. The number of benzene rings is 1. The van der Waals surface area contributed by atoms with Crippen LogP contribution >= 0.6 is 0 Å². The Balaban J connectivity index is 1.66. The molecule has 6 heteroatoms. The Bertz CT molecular complexity index is 1260. The lowest BCUT2D eigenvalue weighted by molar-refractivity contribution is 0.638. The maximum Gasteiger partial charge on any atom is 0.149 e. The Morgan fingerprint density at radius 3 is 2.74 bits per heavy atom. The molecule has 0 saturated heterocycles. The van der Waals surface area contributed by atoms with Crippen LogP contribution in [0.5, 0.6) is 0 Å². The normalized spacial score (nSPS) is 11.1. The molecule has 2 N–H and O–H groups in total. The molecule has 0 aliphatic carbocycles. The molecule has 5 aromatic rings. The number of halogens is 1. The number of hydrogen-bond acceptors (Lipinski definition) is 4. The minimum atomic E-state index is -0.312. The molecule has 0 radical (unpaired) electrons. The van der Waals surface area contributed by atoms with E-state index in [4.69, 9.17) is 4.98 Å². The van der Waals surface area contributed by atoms with Crippen LogP contribution in [-0.2, 0) is 0 Å². The lowest BCUT2D eigenvalue weighted by atomic mass is 10.1. The van der Waals surface area contributed by atoms with Gasteiger partial charge in [0.05, 0.1) is 16.7 Å². The first kappa shape index (κ1) is 15.5. The summed E-state index contributed by atoms with van der Waals surface area (Å²) in [4.78, 5) is 16.2. The maximum absolute atomic E-state index is 14.3. The zero-order valence-corrected chi connectivity index (χ0v) is 14.1. The summed E-state index contributed by atoms with van der Waals surface area (Å²) >= 11 is 0. The van der Waals surface area contributed by atoms with Gasteiger partial charge in [-0.25, -0.2) is 9.37 Å². The van der Waals surface area contributed by atoms with Crippen LogP contribution in [0.2, 0.25) is 0 Å². The molecule has 0 aliphatic rings. The third-order valence-electron chi connectivity index (χ3n) is 4.45. The molecule has 0 saturated carbocycles. The van der Waals surface area contributed by atoms with E-state index in [2.05, 4.69) is 20.3 Å². The monoisotopic (exact) mass is 355 g/mol. The zero-order chi connectivity index (χ0) is 18.2. The van der Waals surface area contributed by atoms with E-state index in [0.29, 0.717) is 17.0 Å². The average molecular weight is 355 g/mol. The minimum Gasteiger partial charge on any atom is -0.359 e. The van der Waals surface area contributed by atoms with E-state index in [1.165, 1.54) is 6.07 Å². The molecule has 0 fully saturated rings. The predicted molar refractivity (Wildman–Crippen MR) is 104 cm³/mol. The van der Waals surface area contributed by atoms with Crippen molar-refractivity contribution in [3.63, 3.8) is 0 Å². The molecule has 0 aliphatic heterocycles. The number of nitrogens with zero attached hydrogens (tertiary/aromatic N) is 3. The molecule has 4 aromatic heterocycles. The molecule has 5 rings (SSSR count). The Kier molecular flexibility index (Phi) is 3.53. The Morgan fingerprint density at radius 2 is 1.85 bits per heavy atom. The first-order chi connectivity index (χ1) is 13.3. The highest BCUT2D eigenvalue weighted by atomic mass is 19.1. The fourth-order valence-electron chi connectivity index (χ4n) is 3.18. The highest BCUT2D eigenvalue weighted by molar-refractivity contribution is 5.94. The molecule has 0 spiro atoms. The van der Waals surface area contributed by atoms with Crippen molar-refractivity contribution in [2.45, 2.75) is 0 Å². The number of fused-ring (bicyclic) bond motifs is 2. The van der Waals surface area contributed by atoms with Gasteiger partial charge >= 0.3 is 0 Å². The van der Waals surface area contributed by atoms with Crippen molar-refractivity contribution in [3.8, 4) is 11.3 Å². The van der Waals surface area contributed by atoms with Crippen molar-refractivity contribution in [2.75, 3.05) is 5.32 Å². The van der Waals surface area contributed by atoms with Crippen molar-refractivity contribution < 1.29 is 4.39 Å². The lowest BCUT2D eigenvalue weighted by Crippen LogP contribution is -1.98. The van der Waals surface area contributed by atoms with Gasteiger partial charge in [-0.3, -0.25) is 9.97 Å². The number of pyridine rings is 3. The molecule has 0 unspecified atom stereocenters. The van der Waals surface area contributed by atoms with Crippen LogP contribution in [0.15, 0.2) is 73.3 Å². The number of H-pyrrole nitrogens is 1. The maximum atomic E-state index is 14.3. The fraction of sp³-hybridized carbons (Fsp3) is 0. The average Bonchev–Trinajstić information content (AvgIpc) is 3.18. The second-order valence-corrected chi connectivity index (χ2v) is 6.19. The van der Waals surface area contributed by atoms with Crippen molar-refractivity contribution in [2.24, 2.45) is 0 Å².